The molecule has 0 bridgehead atoms. The molecule has 1 aliphatic rings. The number of alkyl halides is 5. The fraction of sp³-hybridized carbons (Fsp3) is 0.857. The summed E-state index contributed by atoms with van der Waals surface area (Å²) in [5.41, 5.74) is 0. The largest absolute Gasteiger partial charge is 0.455 e. The molecule has 0 aromatic heterocycles. The van der Waals surface area contributed by atoms with Crippen molar-refractivity contribution in [2.45, 2.75) is 37.4 Å². The molecule has 0 N–H and O–H groups in total. The van der Waals surface area contributed by atoms with E-state index in [1.807, 2.05) is 0 Å². The molecule has 0 saturated carbocycles. The maximum absolute atomic E-state index is 12.6. The van der Waals surface area contributed by atoms with Crippen molar-refractivity contribution in [3.8, 4) is 0 Å². The molecule has 0 aromatic carbocycles. The standard InChI is InChI=1S/C7H8F5N/c8-6(9,7(10,11)12)5-3-1-2-4-13-5/h4-5H,1-3H2/t5-/m1/s1. The summed E-state index contributed by atoms with van der Waals surface area (Å²) < 4.78 is 60.5. The van der Waals surface area contributed by atoms with Gasteiger partial charge in [-0.15, -0.1) is 0 Å². The maximum atomic E-state index is 12.6. The molecule has 0 aromatic rings. The zero-order valence-corrected chi connectivity index (χ0v) is 6.61. The summed E-state index contributed by atoms with van der Waals surface area (Å²) in [5, 5.41) is 0. The lowest BCUT2D eigenvalue weighted by atomic mass is 10.0. The summed E-state index contributed by atoms with van der Waals surface area (Å²) in [6, 6.07) is -1.93. The van der Waals surface area contributed by atoms with Crippen LogP contribution in [0.4, 0.5) is 22.0 Å². The average Bonchev–Trinajstić information content (AvgIpc) is 2.04. The molecule has 76 valence electrons. The number of aliphatic imine (C=N–C) groups is 1. The van der Waals surface area contributed by atoms with E-state index in [9.17, 15) is 22.0 Å². The van der Waals surface area contributed by atoms with Crippen LogP contribution in [0, 0.1) is 0 Å². The highest BCUT2D eigenvalue weighted by molar-refractivity contribution is 5.58. The van der Waals surface area contributed by atoms with Gasteiger partial charge < -0.3 is 0 Å². The van der Waals surface area contributed by atoms with Gasteiger partial charge in [-0.1, -0.05) is 0 Å². The molecule has 13 heavy (non-hydrogen) atoms. The second-order valence-electron chi connectivity index (χ2n) is 2.90. The van der Waals surface area contributed by atoms with Crippen LogP contribution >= 0.6 is 0 Å². The van der Waals surface area contributed by atoms with Crippen LogP contribution < -0.4 is 0 Å². The van der Waals surface area contributed by atoms with E-state index in [4.69, 9.17) is 0 Å². The van der Waals surface area contributed by atoms with E-state index in [2.05, 4.69) is 4.99 Å². The molecule has 0 unspecified atom stereocenters. The Balaban J connectivity index is 2.79. The van der Waals surface area contributed by atoms with E-state index in [1.54, 1.807) is 0 Å². The third-order valence-electron chi connectivity index (χ3n) is 1.89. The van der Waals surface area contributed by atoms with Gasteiger partial charge in [-0.3, -0.25) is 4.99 Å². The first-order valence-corrected chi connectivity index (χ1v) is 3.82. The molecule has 0 saturated heterocycles. The molecule has 6 heteroatoms. The van der Waals surface area contributed by atoms with Gasteiger partial charge in [-0.2, -0.15) is 22.0 Å². The quantitative estimate of drug-likeness (QED) is 0.578. The summed E-state index contributed by atoms with van der Waals surface area (Å²) in [6.45, 7) is 0. The van der Waals surface area contributed by atoms with Gasteiger partial charge >= 0.3 is 12.1 Å². The minimum atomic E-state index is -5.49. The molecule has 0 aliphatic carbocycles. The first-order chi connectivity index (χ1) is 5.86. The lowest BCUT2D eigenvalue weighted by molar-refractivity contribution is -0.290. The fourth-order valence-electron chi connectivity index (χ4n) is 1.14. The van der Waals surface area contributed by atoms with Crippen LogP contribution in [0.15, 0.2) is 4.99 Å². The minimum Gasteiger partial charge on any atom is -0.288 e. The van der Waals surface area contributed by atoms with E-state index >= 15 is 0 Å². The Morgan fingerprint density at radius 1 is 1.15 bits per heavy atom. The first kappa shape index (κ1) is 10.4. The van der Waals surface area contributed by atoms with E-state index in [1.165, 1.54) is 0 Å². The monoisotopic (exact) mass is 201 g/mol. The Kier molecular flexibility index (Phi) is 2.58. The summed E-state index contributed by atoms with van der Waals surface area (Å²) in [5.74, 6) is -4.69. The number of halogens is 5. The van der Waals surface area contributed by atoms with Crippen LogP contribution in [-0.4, -0.2) is 24.4 Å². The van der Waals surface area contributed by atoms with Crippen LogP contribution in [0.2, 0.25) is 0 Å². The Morgan fingerprint density at radius 3 is 2.15 bits per heavy atom. The number of rotatable bonds is 1. The topological polar surface area (TPSA) is 12.4 Å². The van der Waals surface area contributed by atoms with Gasteiger partial charge in [0.2, 0.25) is 0 Å². The molecule has 0 spiro atoms. The molecular weight excluding hydrogens is 193 g/mol. The van der Waals surface area contributed by atoms with Crippen LogP contribution in [0.25, 0.3) is 0 Å². The highest BCUT2D eigenvalue weighted by Crippen LogP contribution is 2.41. The minimum absolute atomic E-state index is 0.205. The zero-order valence-electron chi connectivity index (χ0n) is 6.61. The normalized spacial score (nSPS) is 24.8. The van der Waals surface area contributed by atoms with Gasteiger partial charge in [-0.25, -0.2) is 0 Å². The van der Waals surface area contributed by atoms with E-state index in [0.29, 0.717) is 12.8 Å². The lowest BCUT2D eigenvalue weighted by Crippen LogP contribution is -2.46. The van der Waals surface area contributed by atoms with Crippen molar-refractivity contribution in [1.82, 2.24) is 0 Å². The number of nitrogens with zero attached hydrogens (tertiary/aromatic N) is 1. The van der Waals surface area contributed by atoms with Crippen molar-refractivity contribution < 1.29 is 22.0 Å². The summed E-state index contributed by atoms with van der Waals surface area (Å²) >= 11 is 0. The van der Waals surface area contributed by atoms with Gasteiger partial charge in [-0.05, 0) is 25.5 Å². The van der Waals surface area contributed by atoms with Crippen molar-refractivity contribution in [2.24, 2.45) is 4.99 Å². The van der Waals surface area contributed by atoms with Gasteiger partial charge in [0.15, 0.2) is 0 Å². The highest BCUT2D eigenvalue weighted by Gasteiger charge is 2.62. The summed E-state index contributed by atoms with van der Waals surface area (Å²) in [4.78, 5) is 3.17. The number of hydrogen-bond acceptors (Lipinski definition) is 1. The molecule has 0 fully saturated rings. The Bertz CT molecular complexity index is 207. The Hall–Kier alpha value is -0.680. The van der Waals surface area contributed by atoms with Crippen LogP contribution in [0.1, 0.15) is 19.3 Å². The predicted molar refractivity (Wildman–Crippen MR) is 37.1 cm³/mol. The molecule has 1 aliphatic heterocycles. The van der Waals surface area contributed by atoms with Gasteiger partial charge in [0.05, 0.1) is 0 Å². The van der Waals surface area contributed by atoms with Crippen molar-refractivity contribution in [1.29, 1.82) is 0 Å². The van der Waals surface area contributed by atoms with Gasteiger partial charge in [0.25, 0.3) is 0 Å². The number of hydrogen-bond donors (Lipinski definition) is 0. The fourth-order valence-corrected chi connectivity index (χ4v) is 1.14. The Morgan fingerprint density at radius 2 is 1.77 bits per heavy atom. The maximum Gasteiger partial charge on any atom is 0.455 e. The van der Waals surface area contributed by atoms with E-state index in [-0.39, 0.29) is 6.42 Å². The smallest absolute Gasteiger partial charge is 0.288 e. The molecular formula is C7H8F5N. The summed E-state index contributed by atoms with van der Waals surface area (Å²) in [6.07, 6.45) is -3.76. The van der Waals surface area contributed by atoms with Crippen molar-refractivity contribution in [2.75, 3.05) is 0 Å². The summed E-state index contributed by atoms with van der Waals surface area (Å²) in [7, 11) is 0. The van der Waals surface area contributed by atoms with Gasteiger partial charge in [0, 0.05) is 0 Å². The second-order valence-corrected chi connectivity index (χ2v) is 2.90. The molecule has 1 nitrogen and oxygen atoms in total. The van der Waals surface area contributed by atoms with Crippen molar-refractivity contribution in [3.05, 3.63) is 0 Å². The molecule has 0 amide bonds. The third kappa shape index (κ3) is 1.97. The molecule has 1 rings (SSSR count). The Labute approximate surface area is 71.6 Å². The first-order valence-electron chi connectivity index (χ1n) is 3.82. The SMILES string of the molecule is FC(F)(F)C(F)(F)[C@H]1CCCC=N1. The van der Waals surface area contributed by atoms with Gasteiger partial charge in [0.1, 0.15) is 6.04 Å². The van der Waals surface area contributed by atoms with E-state index in [0.717, 1.165) is 6.21 Å². The van der Waals surface area contributed by atoms with Crippen LogP contribution in [0.3, 0.4) is 0 Å². The van der Waals surface area contributed by atoms with Crippen molar-refractivity contribution in [3.63, 3.8) is 0 Å². The predicted octanol–water partition coefficient (Wildman–Crippen LogP) is 2.81. The third-order valence-corrected chi connectivity index (χ3v) is 1.89. The molecule has 1 heterocycles. The highest BCUT2D eigenvalue weighted by atomic mass is 19.4. The zero-order chi connectivity index (χ0) is 10.1. The lowest BCUT2D eigenvalue weighted by Gasteiger charge is -2.27. The molecule has 0 radical (unpaired) electrons. The van der Waals surface area contributed by atoms with Crippen LogP contribution in [-0.2, 0) is 0 Å². The average molecular weight is 201 g/mol. The van der Waals surface area contributed by atoms with E-state index < -0.39 is 18.1 Å². The van der Waals surface area contributed by atoms with Crippen molar-refractivity contribution >= 4 is 6.21 Å². The van der Waals surface area contributed by atoms with Crippen LogP contribution in [0.5, 0.6) is 0 Å². The second kappa shape index (κ2) is 3.23. The molecule has 1 atom stereocenters.